The molecular formula is C19H17N5O3S. The molecule has 3 heterocycles. The summed E-state index contributed by atoms with van der Waals surface area (Å²) in [6, 6.07) is 11.9. The molecule has 3 aromatic heterocycles. The molecule has 0 amide bonds. The lowest BCUT2D eigenvalue weighted by Gasteiger charge is -2.09. The van der Waals surface area contributed by atoms with E-state index >= 15 is 0 Å². The fourth-order valence-electron chi connectivity index (χ4n) is 2.86. The van der Waals surface area contributed by atoms with Crippen LogP contribution < -0.4 is 9.46 Å². The molecule has 0 radical (unpaired) electrons. The van der Waals surface area contributed by atoms with Crippen LogP contribution in [0.4, 0.5) is 5.69 Å². The largest absolute Gasteiger partial charge is 0.481 e. The Morgan fingerprint density at radius 1 is 1.04 bits per heavy atom. The number of H-pyrrole nitrogens is 1. The zero-order valence-electron chi connectivity index (χ0n) is 15.2. The lowest BCUT2D eigenvalue weighted by molar-refractivity contribution is 0.397. The van der Waals surface area contributed by atoms with Crippen LogP contribution in [0.25, 0.3) is 22.3 Å². The maximum absolute atomic E-state index is 12.5. The highest BCUT2D eigenvalue weighted by molar-refractivity contribution is 7.92. The summed E-state index contributed by atoms with van der Waals surface area (Å²) in [5.41, 5.74) is 3.84. The molecule has 4 rings (SSSR count). The molecular weight excluding hydrogens is 378 g/mol. The average molecular weight is 395 g/mol. The molecule has 28 heavy (non-hydrogen) atoms. The van der Waals surface area contributed by atoms with Gasteiger partial charge in [0, 0.05) is 28.4 Å². The molecule has 0 bridgehead atoms. The third-order valence-corrected chi connectivity index (χ3v) is 5.57. The number of rotatable bonds is 5. The Hall–Kier alpha value is -3.46. The van der Waals surface area contributed by atoms with Gasteiger partial charge in [-0.1, -0.05) is 12.1 Å². The third-order valence-electron chi connectivity index (χ3n) is 4.20. The normalized spacial score (nSPS) is 11.5. The van der Waals surface area contributed by atoms with E-state index in [0.717, 1.165) is 28.0 Å². The molecule has 0 atom stereocenters. The summed E-state index contributed by atoms with van der Waals surface area (Å²) in [6.07, 6.45) is 2.75. The van der Waals surface area contributed by atoms with Gasteiger partial charge in [-0.05, 0) is 31.2 Å². The highest BCUT2D eigenvalue weighted by Crippen LogP contribution is 2.27. The van der Waals surface area contributed by atoms with E-state index in [-0.39, 0.29) is 4.90 Å². The van der Waals surface area contributed by atoms with Crippen molar-refractivity contribution in [2.45, 2.75) is 11.8 Å². The summed E-state index contributed by atoms with van der Waals surface area (Å²) >= 11 is 0. The Bertz CT molecular complexity index is 1230. The highest BCUT2D eigenvalue weighted by atomic mass is 32.2. The second kappa shape index (κ2) is 6.93. The van der Waals surface area contributed by atoms with Gasteiger partial charge < -0.3 is 9.72 Å². The number of nitrogens with one attached hydrogen (secondary N) is 2. The topological polar surface area (TPSA) is 110 Å². The van der Waals surface area contributed by atoms with Crippen molar-refractivity contribution < 1.29 is 13.2 Å². The lowest BCUT2D eigenvalue weighted by atomic mass is 10.1. The van der Waals surface area contributed by atoms with Crippen LogP contribution in [0.5, 0.6) is 5.88 Å². The summed E-state index contributed by atoms with van der Waals surface area (Å²) < 4.78 is 32.5. The summed E-state index contributed by atoms with van der Waals surface area (Å²) in [6.45, 7) is 1.96. The van der Waals surface area contributed by atoms with Crippen LogP contribution in [0.3, 0.4) is 0 Å². The fraction of sp³-hybridized carbons (Fsp3) is 0.105. The number of aryl methyl sites for hydroxylation is 1. The minimum absolute atomic E-state index is 0.0534. The van der Waals surface area contributed by atoms with E-state index in [9.17, 15) is 8.42 Å². The quantitative estimate of drug-likeness (QED) is 0.537. The first kappa shape index (κ1) is 17.9. The van der Waals surface area contributed by atoms with Crippen LogP contribution in [0.15, 0.2) is 59.9 Å². The van der Waals surface area contributed by atoms with E-state index in [1.165, 1.54) is 31.8 Å². The SMILES string of the molecule is COc1ccc(S(=O)(=O)Nc2ccc(-c3ncnc4[nH]c(C)cc34)cc2)cn1. The van der Waals surface area contributed by atoms with Crippen molar-refractivity contribution in [3.8, 4) is 17.1 Å². The van der Waals surface area contributed by atoms with Crippen molar-refractivity contribution >= 4 is 26.7 Å². The van der Waals surface area contributed by atoms with E-state index in [2.05, 4.69) is 24.7 Å². The van der Waals surface area contributed by atoms with E-state index in [4.69, 9.17) is 4.74 Å². The van der Waals surface area contributed by atoms with Gasteiger partial charge in [-0.2, -0.15) is 0 Å². The summed E-state index contributed by atoms with van der Waals surface area (Å²) in [4.78, 5) is 15.8. The van der Waals surface area contributed by atoms with Gasteiger partial charge in [0.05, 0.1) is 19.0 Å². The molecule has 4 aromatic rings. The van der Waals surface area contributed by atoms with Crippen molar-refractivity contribution in [1.29, 1.82) is 0 Å². The highest BCUT2D eigenvalue weighted by Gasteiger charge is 2.15. The number of hydrogen-bond donors (Lipinski definition) is 2. The number of aromatic nitrogens is 4. The molecule has 1 aromatic carbocycles. The Labute approximate surface area is 161 Å². The molecule has 0 saturated heterocycles. The first-order valence-electron chi connectivity index (χ1n) is 8.40. The molecule has 2 N–H and O–H groups in total. The van der Waals surface area contributed by atoms with Crippen LogP contribution >= 0.6 is 0 Å². The second-order valence-electron chi connectivity index (χ2n) is 6.16. The average Bonchev–Trinajstić information content (AvgIpc) is 3.08. The predicted molar refractivity (Wildman–Crippen MR) is 106 cm³/mol. The van der Waals surface area contributed by atoms with Crippen molar-refractivity contribution in [1.82, 2.24) is 19.9 Å². The Kier molecular flexibility index (Phi) is 4.44. The van der Waals surface area contributed by atoms with Gasteiger partial charge >= 0.3 is 0 Å². The van der Waals surface area contributed by atoms with Crippen molar-refractivity contribution in [2.75, 3.05) is 11.8 Å². The number of pyridine rings is 1. The van der Waals surface area contributed by atoms with Crippen LogP contribution in [-0.2, 0) is 10.0 Å². The monoisotopic (exact) mass is 395 g/mol. The molecule has 142 valence electrons. The number of ether oxygens (including phenoxy) is 1. The van der Waals surface area contributed by atoms with Gasteiger partial charge in [0.15, 0.2) is 0 Å². The fourth-order valence-corrected chi connectivity index (χ4v) is 3.86. The lowest BCUT2D eigenvalue weighted by Crippen LogP contribution is -2.13. The first-order valence-corrected chi connectivity index (χ1v) is 9.88. The van der Waals surface area contributed by atoms with Crippen molar-refractivity contribution in [2.24, 2.45) is 0 Å². The maximum Gasteiger partial charge on any atom is 0.263 e. The molecule has 0 fully saturated rings. The van der Waals surface area contributed by atoms with Crippen LogP contribution in [0.2, 0.25) is 0 Å². The third kappa shape index (κ3) is 3.39. The minimum Gasteiger partial charge on any atom is -0.481 e. The number of sulfonamides is 1. The molecule has 0 aliphatic carbocycles. The standard InChI is InChI=1S/C19H17N5O3S/c1-12-9-16-18(21-11-22-19(16)23-12)13-3-5-14(6-4-13)24-28(25,26)15-7-8-17(27-2)20-10-15/h3-11,24H,1-2H3,(H,21,22,23). The zero-order chi connectivity index (χ0) is 19.7. The van der Waals surface area contributed by atoms with Crippen LogP contribution in [0.1, 0.15) is 5.69 Å². The van der Waals surface area contributed by atoms with E-state index in [1.54, 1.807) is 12.1 Å². The molecule has 0 aliphatic heterocycles. The van der Waals surface area contributed by atoms with E-state index < -0.39 is 10.0 Å². The van der Waals surface area contributed by atoms with Gasteiger partial charge in [0.1, 0.15) is 16.9 Å². The number of benzene rings is 1. The zero-order valence-corrected chi connectivity index (χ0v) is 16.0. The number of hydrogen-bond acceptors (Lipinski definition) is 6. The smallest absolute Gasteiger partial charge is 0.263 e. The van der Waals surface area contributed by atoms with Crippen molar-refractivity contribution in [3.63, 3.8) is 0 Å². The summed E-state index contributed by atoms with van der Waals surface area (Å²) in [5.74, 6) is 0.347. The molecule has 0 spiro atoms. The number of nitrogens with zero attached hydrogens (tertiary/aromatic N) is 3. The summed E-state index contributed by atoms with van der Waals surface area (Å²) in [7, 11) is -2.28. The van der Waals surface area contributed by atoms with Crippen LogP contribution in [-0.4, -0.2) is 35.5 Å². The molecule has 0 saturated carbocycles. The molecule has 9 heteroatoms. The number of fused-ring (bicyclic) bond motifs is 1. The second-order valence-corrected chi connectivity index (χ2v) is 7.84. The maximum atomic E-state index is 12.5. The number of anilines is 1. The Morgan fingerprint density at radius 3 is 2.50 bits per heavy atom. The van der Waals surface area contributed by atoms with Gasteiger partial charge in [-0.15, -0.1) is 0 Å². The number of aromatic amines is 1. The molecule has 0 unspecified atom stereocenters. The van der Waals surface area contributed by atoms with E-state index in [1.807, 2.05) is 25.1 Å². The summed E-state index contributed by atoms with van der Waals surface area (Å²) in [5, 5.41) is 0.914. The Balaban J connectivity index is 1.60. The van der Waals surface area contributed by atoms with Gasteiger partial charge in [0.25, 0.3) is 10.0 Å². The number of methoxy groups -OCH3 is 1. The molecule has 0 aliphatic rings. The molecule has 8 nitrogen and oxygen atoms in total. The van der Waals surface area contributed by atoms with Crippen LogP contribution in [0, 0.1) is 6.92 Å². The van der Waals surface area contributed by atoms with Gasteiger partial charge in [-0.3, -0.25) is 4.72 Å². The van der Waals surface area contributed by atoms with Gasteiger partial charge in [-0.25, -0.2) is 23.4 Å². The van der Waals surface area contributed by atoms with Gasteiger partial charge in [0.2, 0.25) is 5.88 Å². The van der Waals surface area contributed by atoms with E-state index in [0.29, 0.717) is 11.6 Å². The minimum atomic E-state index is -3.75. The first-order chi connectivity index (χ1) is 13.5. The van der Waals surface area contributed by atoms with Crippen molar-refractivity contribution in [3.05, 3.63) is 60.7 Å². The Morgan fingerprint density at radius 2 is 1.82 bits per heavy atom. The predicted octanol–water partition coefficient (Wildman–Crippen LogP) is 3.14.